The molecule has 0 N–H and O–H groups in total. The average molecular weight is 268 g/mol. The summed E-state index contributed by atoms with van der Waals surface area (Å²) in [4.78, 5) is 10.7. The van der Waals surface area contributed by atoms with Crippen molar-refractivity contribution in [1.29, 1.82) is 0 Å². The van der Waals surface area contributed by atoms with Crippen molar-refractivity contribution in [1.82, 2.24) is 0 Å². The van der Waals surface area contributed by atoms with Crippen LogP contribution in [0.1, 0.15) is 17.5 Å². The lowest BCUT2D eigenvalue weighted by Crippen LogP contribution is -2.29. The predicted octanol–water partition coefficient (Wildman–Crippen LogP) is 2.89. The molecule has 102 valence electrons. The largest absolute Gasteiger partial charge is 0.339 e. The van der Waals surface area contributed by atoms with Crippen LogP contribution in [-0.4, -0.2) is 19.0 Å². The van der Waals surface area contributed by atoms with E-state index < -0.39 is 5.79 Å². The van der Waals surface area contributed by atoms with E-state index in [-0.39, 0.29) is 6.10 Å². The van der Waals surface area contributed by atoms with Crippen LogP contribution in [0.4, 0.5) is 0 Å². The van der Waals surface area contributed by atoms with E-state index in [4.69, 9.17) is 9.47 Å². The quantitative estimate of drug-likeness (QED) is 0.800. The van der Waals surface area contributed by atoms with Crippen LogP contribution in [0.5, 0.6) is 0 Å². The van der Waals surface area contributed by atoms with E-state index in [1.54, 1.807) is 0 Å². The Balaban J connectivity index is 2.03. The van der Waals surface area contributed by atoms with Gasteiger partial charge in [-0.2, -0.15) is 0 Å². The van der Waals surface area contributed by atoms with Gasteiger partial charge in [-0.15, -0.1) is 0 Å². The Morgan fingerprint density at radius 3 is 2.05 bits per heavy atom. The van der Waals surface area contributed by atoms with E-state index in [0.29, 0.717) is 13.0 Å². The van der Waals surface area contributed by atoms with E-state index in [0.717, 1.165) is 17.4 Å². The predicted molar refractivity (Wildman–Crippen MR) is 75.2 cm³/mol. The summed E-state index contributed by atoms with van der Waals surface area (Å²) in [7, 11) is 0. The summed E-state index contributed by atoms with van der Waals surface area (Å²) >= 11 is 0. The zero-order valence-corrected chi connectivity index (χ0v) is 11.1. The number of carbonyl (C=O) groups excluding carboxylic acids is 1. The smallest absolute Gasteiger partial charge is 0.222 e. The van der Waals surface area contributed by atoms with Crippen LogP contribution < -0.4 is 0 Å². The maximum absolute atomic E-state index is 10.7. The van der Waals surface area contributed by atoms with Crippen LogP contribution in [0.3, 0.4) is 0 Å². The highest BCUT2D eigenvalue weighted by molar-refractivity contribution is 5.50. The van der Waals surface area contributed by atoms with Crippen LogP contribution in [0.2, 0.25) is 0 Å². The molecule has 1 heterocycles. The Labute approximate surface area is 118 Å². The monoisotopic (exact) mass is 268 g/mol. The van der Waals surface area contributed by atoms with Gasteiger partial charge in [0.15, 0.2) is 0 Å². The molecule has 1 atom stereocenters. The van der Waals surface area contributed by atoms with E-state index in [1.807, 2.05) is 60.7 Å². The second-order valence-corrected chi connectivity index (χ2v) is 4.80. The molecule has 1 saturated heterocycles. The number of benzene rings is 2. The van der Waals surface area contributed by atoms with Crippen molar-refractivity contribution in [3.8, 4) is 0 Å². The zero-order valence-electron chi connectivity index (χ0n) is 11.1. The molecule has 3 nitrogen and oxygen atoms in total. The molecule has 0 aliphatic carbocycles. The standard InChI is InChI=1S/C17H16O3/c18-12-11-16-13-19-17(20-16,14-7-3-1-4-8-14)15-9-5-2-6-10-15/h1-10,12,16H,11,13H2/t16-/m0/s1. The van der Waals surface area contributed by atoms with Gasteiger partial charge in [0, 0.05) is 17.5 Å². The number of ether oxygens (including phenoxy) is 2. The fraction of sp³-hybridized carbons (Fsp3) is 0.235. The summed E-state index contributed by atoms with van der Waals surface area (Å²) in [5.74, 6) is -0.907. The molecule has 1 aliphatic rings. The Morgan fingerprint density at radius 1 is 1.00 bits per heavy atom. The third kappa shape index (κ3) is 2.26. The van der Waals surface area contributed by atoms with E-state index in [1.165, 1.54) is 0 Å². The first kappa shape index (κ1) is 13.0. The lowest BCUT2D eigenvalue weighted by Gasteiger charge is -2.29. The lowest BCUT2D eigenvalue weighted by atomic mass is 9.97. The molecule has 3 rings (SSSR count). The molecule has 20 heavy (non-hydrogen) atoms. The second-order valence-electron chi connectivity index (χ2n) is 4.80. The third-order valence-electron chi connectivity index (χ3n) is 3.47. The van der Waals surface area contributed by atoms with Crippen LogP contribution in [0, 0.1) is 0 Å². The summed E-state index contributed by atoms with van der Waals surface area (Å²) in [5.41, 5.74) is 1.89. The highest BCUT2D eigenvalue weighted by Crippen LogP contribution is 2.40. The molecule has 2 aromatic carbocycles. The summed E-state index contributed by atoms with van der Waals surface area (Å²) in [6.07, 6.45) is 1.02. The van der Waals surface area contributed by atoms with E-state index in [9.17, 15) is 4.79 Å². The van der Waals surface area contributed by atoms with Gasteiger partial charge in [-0.25, -0.2) is 0 Å². The highest BCUT2D eigenvalue weighted by atomic mass is 16.7. The molecule has 1 aliphatic heterocycles. The van der Waals surface area contributed by atoms with Gasteiger partial charge < -0.3 is 14.3 Å². The van der Waals surface area contributed by atoms with Crippen LogP contribution in [-0.2, 0) is 20.1 Å². The molecular weight excluding hydrogens is 252 g/mol. The second kappa shape index (κ2) is 5.57. The number of aldehydes is 1. The van der Waals surface area contributed by atoms with E-state index in [2.05, 4.69) is 0 Å². The van der Waals surface area contributed by atoms with Gasteiger partial charge in [-0.3, -0.25) is 0 Å². The van der Waals surface area contributed by atoms with Gasteiger partial charge in [0.1, 0.15) is 6.29 Å². The molecule has 0 aromatic heterocycles. The van der Waals surface area contributed by atoms with Crippen molar-refractivity contribution >= 4 is 6.29 Å². The van der Waals surface area contributed by atoms with Crippen LogP contribution in [0.25, 0.3) is 0 Å². The Hall–Kier alpha value is -1.97. The number of hydrogen-bond acceptors (Lipinski definition) is 3. The van der Waals surface area contributed by atoms with Gasteiger partial charge in [-0.05, 0) is 0 Å². The minimum absolute atomic E-state index is 0.201. The highest BCUT2D eigenvalue weighted by Gasteiger charge is 2.44. The van der Waals surface area contributed by atoms with Crippen molar-refractivity contribution in [2.45, 2.75) is 18.3 Å². The molecule has 0 amide bonds. The number of rotatable bonds is 4. The minimum atomic E-state index is -0.907. The first-order valence-corrected chi connectivity index (χ1v) is 6.71. The van der Waals surface area contributed by atoms with Gasteiger partial charge in [0.05, 0.1) is 12.7 Å². The average Bonchev–Trinajstić information content (AvgIpc) is 2.95. The van der Waals surface area contributed by atoms with Crippen LogP contribution in [0.15, 0.2) is 60.7 Å². The molecule has 0 spiro atoms. The third-order valence-corrected chi connectivity index (χ3v) is 3.47. The topological polar surface area (TPSA) is 35.5 Å². The van der Waals surface area contributed by atoms with Crippen molar-refractivity contribution < 1.29 is 14.3 Å². The SMILES string of the molecule is O=CC[C@H]1COC(c2ccccc2)(c2ccccc2)O1. The summed E-state index contributed by atoms with van der Waals surface area (Å²) in [6, 6.07) is 19.7. The maximum atomic E-state index is 10.7. The van der Waals surface area contributed by atoms with E-state index >= 15 is 0 Å². The summed E-state index contributed by atoms with van der Waals surface area (Å²) in [6.45, 7) is 0.419. The van der Waals surface area contributed by atoms with Crippen LogP contribution >= 0.6 is 0 Å². The van der Waals surface area contributed by atoms with Crippen molar-refractivity contribution in [2.24, 2.45) is 0 Å². The number of carbonyl (C=O) groups is 1. The molecule has 0 unspecified atom stereocenters. The Morgan fingerprint density at radius 2 is 1.55 bits per heavy atom. The lowest BCUT2D eigenvalue weighted by molar-refractivity contribution is -0.144. The molecule has 1 fully saturated rings. The normalized spacial score (nSPS) is 20.7. The molecular formula is C17H16O3. The van der Waals surface area contributed by atoms with Gasteiger partial charge in [-0.1, -0.05) is 60.7 Å². The zero-order chi connectivity index (χ0) is 13.8. The Bertz CT molecular complexity index is 526. The first-order chi connectivity index (χ1) is 9.85. The van der Waals surface area contributed by atoms with Gasteiger partial charge in [0.25, 0.3) is 0 Å². The summed E-state index contributed by atoms with van der Waals surface area (Å²) < 4.78 is 12.1. The van der Waals surface area contributed by atoms with Crippen molar-refractivity contribution in [3.05, 3.63) is 71.8 Å². The molecule has 0 bridgehead atoms. The molecule has 0 radical (unpaired) electrons. The fourth-order valence-corrected chi connectivity index (χ4v) is 2.52. The van der Waals surface area contributed by atoms with Crippen molar-refractivity contribution in [2.75, 3.05) is 6.61 Å². The molecule has 2 aromatic rings. The molecule has 0 saturated carbocycles. The summed E-state index contributed by atoms with van der Waals surface area (Å²) in [5, 5.41) is 0. The first-order valence-electron chi connectivity index (χ1n) is 6.71. The van der Waals surface area contributed by atoms with Crippen molar-refractivity contribution in [3.63, 3.8) is 0 Å². The molecule has 3 heteroatoms. The number of hydrogen-bond donors (Lipinski definition) is 0. The maximum Gasteiger partial charge on any atom is 0.222 e. The fourth-order valence-electron chi connectivity index (χ4n) is 2.52. The Kier molecular flexibility index (Phi) is 3.63. The van der Waals surface area contributed by atoms with Gasteiger partial charge in [0.2, 0.25) is 5.79 Å². The van der Waals surface area contributed by atoms with Gasteiger partial charge >= 0.3 is 0 Å². The minimum Gasteiger partial charge on any atom is -0.339 e.